The number of aromatic nitrogens is 1. The summed E-state index contributed by atoms with van der Waals surface area (Å²) in [6.45, 7) is 8.11. The summed E-state index contributed by atoms with van der Waals surface area (Å²) in [6.07, 6.45) is 0.287. The van der Waals surface area contributed by atoms with Gasteiger partial charge in [-0.2, -0.15) is 0 Å². The molecule has 0 radical (unpaired) electrons. The third-order valence-electron chi connectivity index (χ3n) is 3.59. The van der Waals surface area contributed by atoms with Gasteiger partial charge in [0, 0.05) is 11.1 Å². The Morgan fingerprint density at radius 3 is 2.58 bits per heavy atom. The topological polar surface area (TPSA) is 77.5 Å². The van der Waals surface area contributed by atoms with Crippen LogP contribution in [-0.2, 0) is 31.0 Å². The van der Waals surface area contributed by atoms with Gasteiger partial charge in [0.1, 0.15) is 5.01 Å². The molecule has 0 saturated carbocycles. The minimum Gasteiger partial charge on any atom is -0.325 e. The number of amides is 1. The second-order valence-electron chi connectivity index (χ2n) is 5.88. The largest absolute Gasteiger partial charge is 0.336 e. The summed E-state index contributed by atoms with van der Waals surface area (Å²) in [4.78, 5) is 16.7. The van der Waals surface area contributed by atoms with E-state index >= 15 is 0 Å². The molecule has 2 aromatic rings. The number of carbonyl (C=O) groups excluding carboxylic acids is 1. The monoisotopic (exact) mass is 396 g/mol. The summed E-state index contributed by atoms with van der Waals surface area (Å²) >= 11 is 1.37. The Labute approximate surface area is 158 Å². The molecule has 1 amide bonds. The minimum absolute atomic E-state index is 0.115. The number of rotatable bonds is 9. The second kappa shape index (κ2) is 9.42. The zero-order chi connectivity index (χ0) is 19.2. The summed E-state index contributed by atoms with van der Waals surface area (Å²) in [7, 11) is -3.19. The van der Waals surface area contributed by atoms with Crippen molar-refractivity contribution in [1.82, 2.24) is 4.98 Å². The number of nitrogens with zero attached hydrogens (tertiary/aromatic N) is 1. The highest BCUT2D eigenvalue weighted by Crippen LogP contribution is 2.51. The lowest BCUT2D eigenvalue weighted by molar-refractivity contribution is -0.115. The predicted octanol–water partition coefficient (Wildman–Crippen LogP) is 4.71. The van der Waals surface area contributed by atoms with E-state index in [0.29, 0.717) is 23.9 Å². The van der Waals surface area contributed by atoms with Gasteiger partial charge >= 0.3 is 7.60 Å². The van der Waals surface area contributed by atoms with Gasteiger partial charge in [0.15, 0.2) is 0 Å². The van der Waals surface area contributed by atoms with Crippen LogP contribution >= 0.6 is 18.9 Å². The van der Waals surface area contributed by atoms with Gasteiger partial charge < -0.3 is 14.4 Å². The van der Waals surface area contributed by atoms with Crippen LogP contribution in [-0.4, -0.2) is 24.1 Å². The maximum absolute atomic E-state index is 12.6. The number of thiazole rings is 1. The van der Waals surface area contributed by atoms with Gasteiger partial charge in [-0.3, -0.25) is 9.36 Å². The number of hydrogen-bond donors (Lipinski definition) is 1. The van der Waals surface area contributed by atoms with E-state index in [-0.39, 0.29) is 18.5 Å². The van der Waals surface area contributed by atoms with E-state index in [9.17, 15) is 9.36 Å². The van der Waals surface area contributed by atoms with E-state index in [4.69, 9.17) is 9.05 Å². The van der Waals surface area contributed by atoms with E-state index in [1.165, 1.54) is 11.3 Å². The number of nitrogens with one attached hydrogen (secondary N) is 1. The molecule has 1 aromatic heterocycles. The second-order valence-corrected chi connectivity index (χ2v) is 8.88. The Morgan fingerprint density at radius 2 is 1.92 bits per heavy atom. The average Bonchev–Trinajstić information content (AvgIpc) is 2.97. The molecule has 1 aromatic carbocycles. The number of carbonyl (C=O) groups is 1. The van der Waals surface area contributed by atoms with Crippen molar-refractivity contribution in [2.45, 2.75) is 40.3 Å². The van der Waals surface area contributed by atoms with Gasteiger partial charge in [-0.15, -0.1) is 11.3 Å². The van der Waals surface area contributed by atoms with Crippen LogP contribution in [0.2, 0.25) is 0 Å². The fourth-order valence-corrected chi connectivity index (χ4v) is 4.94. The van der Waals surface area contributed by atoms with Crippen LogP contribution in [0, 0.1) is 13.8 Å². The molecule has 8 heteroatoms. The lowest BCUT2D eigenvalue weighted by Gasteiger charge is -2.15. The van der Waals surface area contributed by atoms with E-state index in [2.05, 4.69) is 10.3 Å². The summed E-state index contributed by atoms with van der Waals surface area (Å²) < 4.78 is 23.1. The molecule has 0 saturated heterocycles. The summed E-state index contributed by atoms with van der Waals surface area (Å²) in [5, 5.41) is 5.39. The van der Waals surface area contributed by atoms with Crippen molar-refractivity contribution in [1.29, 1.82) is 0 Å². The predicted molar refractivity (Wildman–Crippen MR) is 105 cm³/mol. The molecule has 6 nitrogen and oxygen atoms in total. The van der Waals surface area contributed by atoms with Crippen LogP contribution in [0.25, 0.3) is 0 Å². The molecular formula is C18H25N2O4PS. The van der Waals surface area contributed by atoms with Crippen molar-refractivity contribution in [3.05, 3.63) is 45.4 Å². The van der Waals surface area contributed by atoms with Gasteiger partial charge in [-0.05, 0) is 44.9 Å². The Kier molecular flexibility index (Phi) is 7.53. The fourth-order valence-electron chi connectivity index (χ4n) is 2.43. The molecule has 0 spiro atoms. The highest BCUT2D eigenvalue weighted by atomic mass is 32.1. The Hall–Kier alpha value is -1.53. The van der Waals surface area contributed by atoms with Crippen molar-refractivity contribution in [2.75, 3.05) is 18.5 Å². The first-order valence-corrected chi connectivity index (χ1v) is 11.1. The summed E-state index contributed by atoms with van der Waals surface area (Å²) in [5.41, 5.74) is 3.53. The molecule has 0 aliphatic carbocycles. The maximum Gasteiger partial charge on any atom is 0.336 e. The standard InChI is InChI=1S/C18H25N2O4PS/c1-5-23-25(22,24-6-2)11-15-12-26-18(19-15)10-17(21)20-16-9-13(3)7-8-14(16)4/h7-9,12H,5-6,10-11H2,1-4H3,(H,20,21). The van der Waals surface area contributed by atoms with Gasteiger partial charge in [-0.1, -0.05) is 12.1 Å². The number of anilines is 1. The summed E-state index contributed by atoms with van der Waals surface area (Å²) in [5.74, 6) is -0.127. The van der Waals surface area contributed by atoms with E-state index in [0.717, 1.165) is 16.8 Å². The number of hydrogen-bond acceptors (Lipinski definition) is 6. The first kappa shape index (κ1) is 20.8. The van der Waals surface area contributed by atoms with Crippen molar-refractivity contribution in [2.24, 2.45) is 0 Å². The maximum atomic E-state index is 12.6. The van der Waals surface area contributed by atoms with Crippen molar-refractivity contribution >= 4 is 30.5 Å². The highest BCUT2D eigenvalue weighted by molar-refractivity contribution is 7.53. The average molecular weight is 396 g/mol. The molecule has 0 fully saturated rings. The normalized spacial score (nSPS) is 11.5. The molecule has 2 rings (SSSR count). The number of aryl methyl sites for hydroxylation is 2. The van der Waals surface area contributed by atoms with Crippen LogP contribution < -0.4 is 5.32 Å². The first-order valence-electron chi connectivity index (χ1n) is 8.53. The molecule has 142 valence electrons. The number of benzene rings is 1. The van der Waals surface area contributed by atoms with Crippen molar-refractivity contribution < 1.29 is 18.4 Å². The summed E-state index contributed by atoms with van der Waals surface area (Å²) in [6, 6.07) is 5.93. The minimum atomic E-state index is -3.19. The SMILES string of the molecule is CCOP(=O)(Cc1csc(CC(=O)Nc2cc(C)ccc2C)n1)OCC. The van der Waals surface area contributed by atoms with Crippen molar-refractivity contribution in [3.63, 3.8) is 0 Å². The molecule has 26 heavy (non-hydrogen) atoms. The van der Waals surface area contributed by atoms with Crippen LogP contribution in [0.15, 0.2) is 23.6 Å². The lowest BCUT2D eigenvalue weighted by Crippen LogP contribution is -2.15. The Bertz CT molecular complexity index is 796. The zero-order valence-corrected chi connectivity index (χ0v) is 17.3. The molecule has 1 heterocycles. The van der Waals surface area contributed by atoms with Crippen LogP contribution in [0.1, 0.15) is 35.7 Å². The Balaban J connectivity index is 2.00. The zero-order valence-electron chi connectivity index (χ0n) is 15.6. The smallest absolute Gasteiger partial charge is 0.325 e. The molecule has 0 bridgehead atoms. The van der Waals surface area contributed by atoms with Crippen molar-refractivity contribution in [3.8, 4) is 0 Å². The van der Waals surface area contributed by atoms with E-state index < -0.39 is 7.60 Å². The van der Waals surface area contributed by atoms with Crippen LogP contribution in [0.3, 0.4) is 0 Å². The van der Waals surface area contributed by atoms with E-state index in [1.807, 2.05) is 32.0 Å². The fraction of sp³-hybridized carbons (Fsp3) is 0.444. The van der Waals surface area contributed by atoms with Gasteiger partial charge in [0.25, 0.3) is 0 Å². The van der Waals surface area contributed by atoms with Gasteiger partial charge in [-0.25, -0.2) is 4.98 Å². The van der Waals surface area contributed by atoms with Gasteiger partial charge in [0.05, 0.1) is 31.5 Å². The first-order chi connectivity index (χ1) is 12.3. The molecule has 0 aliphatic heterocycles. The molecule has 0 aliphatic rings. The molecular weight excluding hydrogens is 371 g/mol. The highest BCUT2D eigenvalue weighted by Gasteiger charge is 2.25. The quantitative estimate of drug-likeness (QED) is 0.621. The third kappa shape index (κ3) is 6.02. The van der Waals surface area contributed by atoms with Crippen LogP contribution in [0.5, 0.6) is 0 Å². The molecule has 1 N–H and O–H groups in total. The lowest BCUT2D eigenvalue weighted by atomic mass is 10.1. The van der Waals surface area contributed by atoms with Crippen LogP contribution in [0.4, 0.5) is 5.69 Å². The van der Waals surface area contributed by atoms with Gasteiger partial charge in [0.2, 0.25) is 5.91 Å². The third-order valence-corrected chi connectivity index (χ3v) is 6.50. The Morgan fingerprint density at radius 1 is 1.23 bits per heavy atom. The molecule has 0 unspecified atom stereocenters. The van der Waals surface area contributed by atoms with E-state index in [1.54, 1.807) is 19.2 Å². The molecule has 0 atom stereocenters.